The zero-order chi connectivity index (χ0) is 13.9. The van der Waals surface area contributed by atoms with E-state index in [0.717, 1.165) is 0 Å². The van der Waals surface area contributed by atoms with Crippen molar-refractivity contribution in [1.82, 2.24) is 0 Å². The first-order valence-corrected chi connectivity index (χ1v) is 6.39. The van der Waals surface area contributed by atoms with Crippen molar-refractivity contribution in [2.24, 2.45) is 0 Å². The normalized spacial score (nSPS) is 11.1. The molecule has 0 aliphatic rings. The van der Waals surface area contributed by atoms with E-state index in [1.165, 1.54) is 6.07 Å². The number of hydrogen-bond acceptors (Lipinski definition) is 3. The number of anilines is 1. The predicted molar refractivity (Wildman–Crippen MR) is 78.1 cm³/mol. The molecule has 1 rings (SSSR count). The monoisotopic (exact) mass is 312 g/mol. The van der Waals surface area contributed by atoms with Crippen molar-refractivity contribution in [1.29, 1.82) is 0 Å². The molecule has 0 aromatic heterocycles. The summed E-state index contributed by atoms with van der Waals surface area (Å²) in [5.74, 6) is 0. The Balaban J connectivity index is 3.36. The summed E-state index contributed by atoms with van der Waals surface area (Å²) in [5.41, 5.74) is 0.490. The molecule has 0 saturated carbocycles. The number of halogens is 1. The summed E-state index contributed by atoms with van der Waals surface area (Å²) in [6.45, 7) is 10.3. The number of nitrogens with zero attached hydrogens (tertiary/aromatic N) is 2. The van der Waals surface area contributed by atoms with Gasteiger partial charge in [0, 0.05) is 22.6 Å². The number of benzene rings is 1. The minimum Gasteiger partial charge on any atom is -0.357 e. The highest BCUT2D eigenvalue weighted by Crippen LogP contribution is 2.34. The lowest BCUT2D eigenvalue weighted by molar-refractivity contribution is -0.384. The maximum atomic E-state index is 11.1. The Hall–Kier alpha value is -1.36. The third-order valence-electron chi connectivity index (χ3n) is 2.55. The molecule has 1 aromatic rings. The average molecular weight is 313 g/mol. The zero-order valence-corrected chi connectivity index (χ0v) is 12.4. The topological polar surface area (TPSA) is 46.4 Å². The molecule has 0 aliphatic carbocycles. The molecule has 0 N–H and O–H groups in total. The fourth-order valence-corrected chi connectivity index (χ4v) is 2.08. The van der Waals surface area contributed by atoms with Crippen LogP contribution in [0.2, 0.25) is 0 Å². The third kappa shape index (κ3) is 3.32. The van der Waals surface area contributed by atoms with Gasteiger partial charge < -0.3 is 4.90 Å². The van der Waals surface area contributed by atoms with Crippen LogP contribution in [-0.4, -0.2) is 17.0 Å². The maximum Gasteiger partial charge on any atom is 0.293 e. The summed E-state index contributed by atoms with van der Waals surface area (Å²) in [5, 5.41) is 11.1. The van der Waals surface area contributed by atoms with Gasteiger partial charge in [0.15, 0.2) is 0 Å². The first-order chi connectivity index (χ1) is 8.27. The number of rotatable bonds is 4. The third-order valence-corrected chi connectivity index (χ3v) is 3.04. The van der Waals surface area contributed by atoms with Crippen LogP contribution in [-0.2, 0) is 0 Å². The van der Waals surface area contributed by atoms with Crippen molar-refractivity contribution in [3.8, 4) is 0 Å². The van der Waals surface area contributed by atoms with Crippen LogP contribution < -0.4 is 4.90 Å². The quantitative estimate of drug-likeness (QED) is 0.476. The standard InChI is InChI=1S/C13H17BrN2O2/c1-5-8-15(13(2,3)4)11-7-6-10(14)9-12(11)16(17)18/h5-7,9H,1,8H2,2-4H3. The molecule has 0 fully saturated rings. The van der Waals surface area contributed by atoms with Crippen LogP contribution >= 0.6 is 15.9 Å². The molecule has 0 spiro atoms. The van der Waals surface area contributed by atoms with E-state index in [-0.39, 0.29) is 16.1 Å². The molecule has 0 atom stereocenters. The SMILES string of the molecule is C=CCN(c1ccc(Br)cc1[N+](=O)[O-])C(C)(C)C. The summed E-state index contributed by atoms with van der Waals surface area (Å²) in [4.78, 5) is 12.7. The maximum absolute atomic E-state index is 11.1. The first kappa shape index (κ1) is 14.7. The average Bonchev–Trinajstić information content (AvgIpc) is 2.24. The smallest absolute Gasteiger partial charge is 0.293 e. The number of nitro benzene ring substituents is 1. The van der Waals surface area contributed by atoms with E-state index in [2.05, 4.69) is 22.5 Å². The predicted octanol–water partition coefficient (Wildman–Crippen LogP) is 4.15. The van der Waals surface area contributed by atoms with Gasteiger partial charge in [-0.1, -0.05) is 22.0 Å². The van der Waals surface area contributed by atoms with Crippen LogP contribution in [0.25, 0.3) is 0 Å². The fraction of sp³-hybridized carbons (Fsp3) is 0.385. The van der Waals surface area contributed by atoms with Gasteiger partial charge in [-0.3, -0.25) is 10.1 Å². The summed E-state index contributed by atoms with van der Waals surface area (Å²) in [6, 6.07) is 5.10. The molecule has 0 unspecified atom stereocenters. The number of nitro groups is 1. The molecule has 0 aliphatic heterocycles. The summed E-state index contributed by atoms with van der Waals surface area (Å²) in [6.07, 6.45) is 1.75. The summed E-state index contributed by atoms with van der Waals surface area (Å²) in [7, 11) is 0. The molecule has 0 bridgehead atoms. The van der Waals surface area contributed by atoms with E-state index in [0.29, 0.717) is 16.7 Å². The van der Waals surface area contributed by atoms with Gasteiger partial charge in [0.05, 0.1) is 4.92 Å². The van der Waals surface area contributed by atoms with Crippen molar-refractivity contribution in [2.75, 3.05) is 11.4 Å². The highest BCUT2D eigenvalue weighted by molar-refractivity contribution is 9.10. The molecule has 0 amide bonds. The molecule has 1 aromatic carbocycles. The van der Waals surface area contributed by atoms with E-state index >= 15 is 0 Å². The highest BCUT2D eigenvalue weighted by atomic mass is 79.9. The molecular weight excluding hydrogens is 296 g/mol. The van der Waals surface area contributed by atoms with Gasteiger partial charge in [0.25, 0.3) is 5.69 Å². The van der Waals surface area contributed by atoms with Gasteiger partial charge in [-0.05, 0) is 32.9 Å². The molecule has 98 valence electrons. The molecule has 0 saturated heterocycles. The van der Waals surface area contributed by atoms with Crippen molar-refractivity contribution in [3.05, 3.63) is 45.4 Å². The second-order valence-corrected chi connectivity index (χ2v) is 5.88. The lowest BCUT2D eigenvalue weighted by Gasteiger charge is -2.36. The summed E-state index contributed by atoms with van der Waals surface area (Å²) < 4.78 is 0.699. The summed E-state index contributed by atoms with van der Waals surface area (Å²) >= 11 is 3.26. The first-order valence-electron chi connectivity index (χ1n) is 5.60. The van der Waals surface area contributed by atoms with E-state index in [1.807, 2.05) is 31.7 Å². The van der Waals surface area contributed by atoms with Gasteiger partial charge in [0.1, 0.15) is 5.69 Å². The zero-order valence-electron chi connectivity index (χ0n) is 10.8. The lowest BCUT2D eigenvalue weighted by Crippen LogP contribution is -2.41. The molecule has 5 heteroatoms. The molecule has 0 heterocycles. The Morgan fingerprint density at radius 3 is 2.56 bits per heavy atom. The molecule has 4 nitrogen and oxygen atoms in total. The van der Waals surface area contributed by atoms with Crippen LogP contribution in [0, 0.1) is 10.1 Å². The van der Waals surface area contributed by atoms with E-state index in [9.17, 15) is 10.1 Å². The Kier molecular flexibility index (Phi) is 4.51. The fourth-order valence-electron chi connectivity index (χ4n) is 1.73. The molecular formula is C13H17BrN2O2. The van der Waals surface area contributed by atoms with Crippen LogP contribution in [0.1, 0.15) is 20.8 Å². The van der Waals surface area contributed by atoms with Crippen molar-refractivity contribution in [2.45, 2.75) is 26.3 Å². The van der Waals surface area contributed by atoms with Gasteiger partial charge >= 0.3 is 0 Å². The second-order valence-electron chi connectivity index (χ2n) is 4.96. The second kappa shape index (κ2) is 5.52. The van der Waals surface area contributed by atoms with E-state index in [1.54, 1.807) is 12.1 Å². The Bertz CT molecular complexity index is 467. The molecule has 0 radical (unpaired) electrons. The van der Waals surface area contributed by atoms with Crippen molar-refractivity contribution >= 4 is 27.3 Å². The number of hydrogen-bond donors (Lipinski definition) is 0. The largest absolute Gasteiger partial charge is 0.357 e. The van der Waals surface area contributed by atoms with Crippen molar-refractivity contribution in [3.63, 3.8) is 0 Å². The Morgan fingerprint density at radius 2 is 2.11 bits per heavy atom. The van der Waals surface area contributed by atoms with Gasteiger partial charge in [-0.2, -0.15) is 0 Å². The van der Waals surface area contributed by atoms with E-state index < -0.39 is 0 Å². The minimum atomic E-state index is -0.359. The van der Waals surface area contributed by atoms with Crippen LogP contribution in [0.3, 0.4) is 0 Å². The lowest BCUT2D eigenvalue weighted by atomic mass is 10.0. The van der Waals surface area contributed by atoms with Crippen LogP contribution in [0.5, 0.6) is 0 Å². The van der Waals surface area contributed by atoms with Crippen molar-refractivity contribution < 1.29 is 4.92 Å². The van der Waals surface area contributed by atoms with E-state index in [4.69, 9.17) is 0 Å². The van der Waals surface area contributed by atoms with Gasteiger partial charge in [-0.25, -0.2) is 0 Å². The Labute approximate surface area is 116 Å². The molecule has 18 heavy (non-hydrogen) atoms. The highest BCUT2D eigenvalue weighted by Gasteiger charge is 2.27. The van der Waals surface area contributed by atoms with Crippen LogP contribution in [0.15, 0.2) is 35.3 Å². The van der Waals surface area contributed by atoms with Crippen LogP contribution in [0.4, 0.5) is 11.4 Å². The van der Waals surface area contributed by atoms with Gasteiger partial charge in [0.2, 0.25) is 0 Å². The Morgan fingerprint density at radius 1 is 1.50 bits per heavy atom. The van der Waals surface area contributed by atoms with Gasteiger partial charge in [-0.15, -0.1) is 6.58 Å². The minimum absolute atomic E-state index is 0.0983.